The van der Waals surface area contributed by atoms with Crippen LogP contribution in [0.1, 0.15) is 27.2 Å². The number of rotatable bonds is 0. The van der Waals surface area contributed by atoms with Crippen LogP contribution in [0.5, 0.6) is 0 Å². The average Bonchev–Trinajstić information content (AvgIpc) is 1.94. The van der Waals surface area contributed by atoms with Gasteiger partial charge in [0.05, 0.1) is 19.1 Å². The molecule has 1 heterocycles. The van der Waals surface area contributed by atoms with Crippen molar-refractivity contribution in [3.63, 3.8) is 0 Å². The first-order chi connectivity index (χ1) is 4.38. The van der Waals surface area contributed by atoms with E-state index in [-0.39, 0.29) is 0 Å². The van der Waals surface area contributed by atoms with Gasteiger partial charge in [-0.3, -0.25) is 0 Å². The third-order valence-corrected chi connectivity index (χ3v) is 4.29. The monoisotopic (exact) mass is 155 g/mol. The van der Waals surface area contributed by atoms with Crippen LogP contribution in [0.25, 0.3) is 0 Å². The highest BCUT2D eigenvalue weighted by molar-refractivity contribution is 5.97. The molecule has 0 aromatic rings. The molecule has 1 fully saturated rings. The number of hydrogen-bond donors (Lipinski definition) is 0. The topological polar surface area (TPSA) is 0 Å². The van der Waals surface area contributed by atoms with E-state index in [0.717, 1.165) is 10.1 Å². The zero-order chi connectivity index (χ0) is 7.99. The summed E-state index contributed by atoms with van der Waals surface area (Å²) in [6, 6.07) is 0. The van der Waals surface area contributed by atoms with Gasteiger partial charge in [-0.1, -0.05) is 6.92 Å². The molecule has 57 valence electrons. The van der Waals surface area contributed by atoms with Crippen molar-refractivity contribution >= 4 is 10.4 Å². The first-order valence-electron chi connectivity index (χ1n) is 3.98. The van der Waals surface area contributed by atoms with Crippen LogP contribution < -0.4 is 0 Å². The lowest BCUT2D eigenvalue weighted by Crippen LogP contribution is -2.54. The molecular weight excluding hydrogens is 138 g/mol. The third-order valence-electron chi connectivity index (χ3n) is 3.49. The Hall–Kier alpha value is 0.177. The molecule has 3 radical (unpaired) electrons. The second-order valence-electron chi connectivity index (χ2n) is 4.26. The van der Waals surface area contributed by atoms with E-state index in [1.165, 1.54) is 13.0 Å². The van der Waals surface area contributed by atoms with Gasteiger partial charge in [0, 0.05) is 12.3 Å². The predicted molar refractivity (Wildman–Crippen MR) is 44.7 cm³/mol. The Bertz CT molecular complexity index is 140. The predicted octanol–water partition coefficient (Wildman–Crippen LogP) is 1.33. The molecule has 2 unspecified atom stereocenters. The molecule has 2 atom stereocenters. The van der Waals surface area contributed by atoms with Gasteiger partial charge in [-0.25, -0.2) is 0 Å². The van der Waals surface area contributed by atoms with Gasteiger partial charge in [0.2, 0.25) is 0 Å². The fourth-order valence-electron chi connectivity index (χ4n) is 1.58. The second kappa shape index (κ2) is 2.08. The van der Waals surface area contributed by atoms with Crippen LogP contribution in [0.4, 0.5) is 0 Å². The highest BCUT2D eigenvalue weighted by atomic mass is 28.2. The van der Waals surface area contributed by atoms with Crippen molar-refractivity contribution in [2.45, 2.75) is 32.7 Å². The maximum atomic E-state index is 3.79. The highest BCUT2D eigenvalue weighted by Crippen LogP contribution is 2.37. The molecule has 0 aromatic carbocycles. The molecule has 0 N–H and O–H groups in total. The smallest absolute Gasteiger partial charge is 0.376 e. The Kier molecular flexibility index (Phi) is 1.72. The van der Waals surface area contributed by atoms with Crippen molar-refractivity contribution in [1.82, 2.24) is 0 Å². The van der Waals surface area contributed by atoms with Gasteiger partial charge in [-0.05, 0) is 13.8 Å². The second-order valence-corrected chi connectivity index (χ2v) is 5.25. The van der Waals surface area contributed by atoms with Crippen LogP contribution in [0.15, 0.2) is 0 Å². The van der Waals surface area contributed by atoms with Gasteiger partial charge in [-0.2, -0.15) is 0 Å². The SMILES string of the molecule is CC1CC[N+](C)([Si])C1(C)C. The van der Waals surface area contributed by atoms with E-state index in [1.807, 2.05) is 0 Å². The maximum absolute atomic E-state index is 3.79. The van der Waals surface area contributed by atoms with Crippen molar-refractivity contribution in [1.29, 1.82) is 0 Å². The molecule has 0 aromatic heterocycles. The summed E-state index contributed by atoms with van der Waals surface area (Å²) in [5, 5.41) is 0. The summed E-state index contributed by atoms with van der Waals surface area (Å²) >= 11 is 0. The van der Waals surface area contributed by atoms with Crippen LogP contribution in [0.2, 0.25) is 0 Å². The summed E-state index contributed by atoms with van der Waals surface area (Å²) in [5.74, 6) is 0.829. The Balaban J connectivity index is 2.84. The van der Waals surface area contributed by atoms with Crippen molar-refractivity contribution in [3.8, 4) is 0 Å². The summed E-state index contributed by atoms with van der Waals surface area (Å²) in [7, 11) is 6.04. The fraction of sp³-hybridized carbons (Fsp3) is 1.00. The lowest BCUT2D eigenvalue weighted by molar-refractivity contribution is -0.836. The lowest BCUT2D eigenvalue weighted by atomic mass is 9.91. The number of likely N-dealkylation sites (tertiary alicyclic amines) is 1. The molecule has 0 aliphatic carbocycles. The van der Waals surface area contributed by atoms with Gasteiger partial charge < -0.3 is 4.15 Å². The molecule has 1 saturated heterocycles. The maximum Gasteiger partial charge on any atom is 0.450 e. The van der Waals surface area contributed by atoms with Gasteiger partial charge >= 0.3 is 10.4 Å². The van der Waals surface area contributed by atoms with Gasteiger partial charge in [0.1, 0.15) is 0 Å². The Morgan fingerprint density at radius 2 is 2.00 bits per heavy atom. The summed E-state index contributed by atoms with van der Waals surface area (Å²) in [6.45, 7) is 8.25. The van der Waals surface area contributed by atoms with Crippen molar-refractivity contribution in [3.05, 3.63) is 0 Å². The Labute approximate surface area is 67.5 Å². The zero-order valence-corrected chi connectivity index (χ0v) is 8.44. The van der Waals surface area contributed by atoms with Crippen LogP contribution in [-0.4, -0.2) is 33.7 Å². The van der Waals surface area contributed by atoms with Crippen LogP contribution in [0, 0.1) is 5.92 Å². The fourth-order valence-corrected chi connectivity index (χ4v) is 1.93. The molecule has 1 rings (SSSR count). The van der Waals surface area contributed by atoms with Crippen LogP contribution in [0.3, 0.4) is 0 Å². The molecule has 1 nitrogen and oxygen atoms in total. The van der Waals surface area contributed by atoms with E-state index >= 15 is 0 Å². The molecule has 10 heavy (non-hydrogen) atoms. The standard InChI is InChI=1S/C8H17NSi/c1-7-5-6-9(4,10)8(7,2)3/h7H,5-6H2,1-4H3/q+1. The highest BCUT2D eigenvalue weighted by Gasteiger charge is 2.46. The molecular formula is C8H17NSi+. The number of nitrogens with zero attached hydrogens (tertiary/aromatic N) is 1. The van der Waals surface area contributed by atoms with E-state index in [4.69, 9.17) is 0 Å². The Morgan fingerprint density at radius 3 is 2.10 bits per heavy atom. The van der Waals surface area contributed by atoms with Crippen LogP contribution in [-0.2, 0) is 0 Å². The van der Waals surface area contributed by atoms with E-state index in [9.17, 15) is 0 Å². The molecule has 0 spiro atoms. The molecule has 1 aliphatic heterocycles. The minimum atomic E-state index is 0.400. The van der Waals surface area contributed by atoms with Gasteiger partial charge in [0.15, 0.2) is 0 Å². The third kappa shape index (κ3) is 0.939. The number of quaternary nitrogens is 1. The normalized spacial score (nSPS) is 45.9. The quantitative estimate of drug-likeness (QED) is 0.463. The molecule has 0 bridgehead atoms. The minimum Gasteiger partial charge on any atom is -0.376 e. The van der Waals surface area contributed by atoms with Crippen LogP contribution >= 0.6 is 0 Å². The average molecular weight is 155 g/mol. The number of hydrogen-bond acceptors (Lipinski definition) is 0. The molecule has 1 aliphatic rings. The van der Waals surface area contributed by atoms with Gasteiger partial charge in [0.25, 0.3) is 0 Å². The van der Waals surface area contributed by atoms with Crippen molar-refractivity contribution in [2.75, 3.05) is 13.6 Å². The first kappa shape index (κ1) is 8.28. The van der Waals surface area contributed by atoms with Gasteiger partial charge in [-0.15, -0.1) is 0 Å². The molecule has 2 heteroatoms. The summed E-state index contributed by atoms with van der Waals surface area (Å²) in [4.78, 5) is 0. The summed E-state index contributed by atoms with van der Waals surface area (Å²) < 4.78 is 0.994. The molecule has 0 saturated carbocycles. The van der Waals surface area contributed by atoms with E-state index in [1.54, 1.807) is 0 Å². The van der Waals surface area contributed by atoms with Crippen molar-refractivity contribution in [2.24, 2.45) is 5.92 Å². The lowest BCUT2D eigenvalue weighted by Gasteiger charge is -2.41. The summed E-state index contributed by atoms with van der Waals surface area (Å²) in [5.41, 5.74) is 0.400. The minimum absolute atomic E-state index is 0.400. The first-order valence-corrected chi connectivity index (χ1v) is 4.43. The van der Waals surface area contributed by atoms with E-state index in [2.05, 4.69) is 38.2 Å². The largest absolute Gasteiger partial charge is 0.450 e. The van der Waals surface area contributed by atoms with E-state index < -0.39 is 0 Å². The zero-order valence-electron chi connectivity index (χ0n) is 7.44. The van der Waals surface area contributed by atoms with Crippen molar-refractivity contribution < 1.29 is 4.15 Å². The van der Waals surface area contributed by atoms with E-state index in [0.29, 0.717) is 5.54 Å². The Morgan fingerprint density at radius 1 is 1.50 bits per heavy atom. The summed E-state index contributed by atoms with van der Waals surface area (Å²) in [6.07, 6.45) is 1.34. The molecule has 0 amide bonds.